The quantitative estimate of drug-likeness (QED) is 0.917. The normalized spacial score (nSPS) is 12.3. The highest BCUT2D eigenvalue weighted by atomic mass is 79.9. The fraction of sp³-hybridized carbons (Fsp3) is 0.429. The van der Waals surface area contributed by atoms with Gasteiger partial charge >= 0.3 is 0 Å². The van der Waals surface area contributed by atoms with Crippen LogP contribution in [-0.2, 0) is 6.54 Å². The van der Waals surface area contributed by atoms with Crippen molar-refractivity contribution in [1.29, 1.82) is 0 Å². The van der Waals surface area contributed by atoms with E-state index in [1.807, 2.05) is 0 Å². The number of aliphatic hydroxyl groups excluding tert-OH is 1. The summed E-state index contributed by atoms with van der Waals surface area (Å²) < 4.78 is 3.36. The minimum atomic E-state index is -0.0982. The predicted molar refractivity (Wildman–Crippen MR) is 75.2 cm³/mol. The molecule has 2 aromatic rings. The predicted octanol–water partition coefficient (Wildman–Crippen LogP) is 3.73. The second-order valence-electron chi connectivity index (χ2n) is 5.40. The molecule has 0 atom stereocenters. The van der Waals surface area contributed by atoms with Gasteiger partial charge in [-0.1, -0.05) is 35.8 Å². The Labute approximate surface area is 110 Å². The fourth-order valence-electron chi connectivity index (χ4n) is 2.05. The molecule has 0 amide bonds. The number of benzene rings is 1. The average Bonchev–Trinajstić information content (AvgIpc) is 2.56. The molecule has 3 heteroatoms. The Bertz CT molecular complexity index is 542. The molecular weight excluding hydrogens is 278 g/mol. The molecule has 1 aromatic carbocycles. The maximum Gasteiger partial charge on any atom is 0.0499 e. The first kappa shape index (κ1) is 12.7. The summed E-state index contributed by atoms with van der Waals surface area (Å²) in [6.45, 7) is 7.29. The zero-order chi connectivity index (χ0) is 12.6. The van der Waals surface area contributed by atoms with Crippen LogP contribution >= 0.6 is 15.9 Å². The van der Waals surface area contributed by atoms with E-state index < -0.39 is 0 Å². The van der Waals surface area contributed by atoms with Crippen LogP contribution in [0.2, 0.25) is 0 Å². The van der Waals surface area contributed by atoms with Gasteiger partial charge in [0.25, 0.3) is 0 Å². The van der Waals surface area contributed by atoms with Crippen LogP contribution < -0.4 is 0 Å². The molecule has 0 aliphatic rings. The Morgan fingerprint density at radius 2 is 2.00 bits per heavy atom. The number of rotatable bonds is 3. The molecule has 0 spiro atoms. The molecule has 1 aromatic heterocycles. The van der Waals surface area contributed by atoms with Gasteiger partial charge in [-0.05, 0) is 30.5 Å². The number of hydrogen-bond donors (Lipinski definition) is 1. The molecule has 0 radical (unpaired) electrons. The van der Waals surface area contributed by atoms with Crippen LogP contribution in [0.25, 0.3) is 10.9 Å². The van der Waals surface area contributed by atoms with Gasteiger partial charge in [-0.15, -0.1) is 0 Å². The van der Waals surface area contributed by atoms with E-state index in [0.29, 0.717) is 0 Å². The zero-order valence-corrected chi connectivity index (χ0v) is 12.1. The summed E-state index contributed by atoms with van der Waals surface area (Å²) in [4.78, 5) is 0. The summed E-state index contributed by atoms with van der Waals surface area (Å²) in [6.07, 6.45) is 0. The Morgan fingerprint density at radius 1 is 1.29 bits per heavy atom. The van der Waals surface area contributed by atoms with Crippen LogP contribution in [0.4, 0.5) is 0 Å². The lowest BCUT2D eigenvalue weighted by atomic mass is 9.95. The van der Waals surface area contributed by atoms with E-state index in [0.717, 1.165) is 11.0 Å². The first-order valence-corrected chi connectivity index (χ1v) is 6.58. The molecule has 0 unspecified atom stereocenters. The van der Waals surface area contributed by atoms with E-state index >= 15 is 0 Å². The van der Waals surface area contributed by atoms with Crippen LogP contribution in [0.5, 0.6) is 0 Å². The highest BCUT2D eigenvalue weighted by molar-refractivity contribution is 9.10. The van der Waals surface area contributed by atoms with Gasteiger partial charge in [0.05, 0.1) is 0 Å². The van der Waals surface area contributed by atoms with Gasteiger partial charge < -0.3 is 9.67 Å². The molecule has 0 saturated heterocycles. The molecular formula is C14H18BrNO. The van der Waals surface area contributed by atoms with Crippen molar-refractivity contribution in [3.8, 4) is 0 Å². The second kappa shape index (κ2) is 4.46. The van der Waals surface area contributed by atoms with Crippen molar-refractivity contribution in [2.45, 2.75) is 27.3 Å². The number of aryl methyl sites for hydroxylation is 1. The molecule has 2 rings (SSSR count). The van der Waals surface area contributed by atoms with E-state index in [9.17, 15) is 5.11 Å². The maximum absolute atomic E-state index is 9.39. The highest BCUT2D eigenvalue weighted by Crippen LogP contribution is 2.27. The van der Waals surface area contributed by atoms with Gasteiger partial charge in [0.1, 0.15) is 0 Å². The third kappa shape index (κ3) is 2.55. The van der Waals surface area contributed by atoms with Crippen molar-refractivity contribution in [3.63, 3.8) is 0 Å². The van der Waals surface area contributed by atoms with Gasteiger partial charge in [-0.3, -0.25) is 0 Å². The van der Waals surface area contributed by atoms with Gasteiger partial charge in [-0.25, -0.2) is 0 Å². The van der Waals surface area contributed by atoms with Crippen molar-refractivity contribution in [1.82, 2.24) is 4.57 Å². The third-order valence-corrected chi connectivity index (χ3v) is 3.58. The average molecular weight is 296 g/mol. The fourth-order valence-corrected chi connectivity index (χ4v) is 2.40. The van der Waals surface area contributed by atoms with Crippen LogP contribution in [0, 0.1) is 12.3 Å². The number of nitrogens with zero attached hydrogens (tertiary/aromatic N) is 1. The molecule has 0 aliphatic carbocycles. The number of aromatic nitrogens is 1. The number of halogens is 1. The maximum atomic E-state index is 9.39. The summed E-state index contributed by atoms with van der Waals surface area (Å²) in [5.74, 6) is 0. The summed E-state index contributed by atoms with van der Waals surface area (Å²) in [5, 5.41) is 10.6. The molecule has 0 bridgehead atoms. The number of hydrogen-bond acceptors (Lipinski definition) is 1. The molecule has 1 heterocycles. The molecule has 0 fully saturated rings. The topological polar surface area (TPSA) is 25.2 Å². The number of fused-ring (bicyclic) bond motifs is 1. The monoisotopic (exact) mass is 295 g/mol. The molecule has 1 N–H and O–H groups in total. The van der Waals surface area contributed by atoms with Crippen LogP contribution in [0.1, 0.15) is 19.5 Å². The Kier molecular flexibility index (Phi) is 3.32. The van der Waals surface area contributed by atoms with Gasteiger partial charge in [0.15, 0.2) is 0 Å². The van der Waals surface area contributed by atoms with E-state index in [4.69, 9.17) is 0 Å². The second-order valence-corrected chi connectivity index (χ2v) is 6.31. The minimum absolute atomic E-state index is 0.0982. The third-order valence-electron chi connectivity index (χ3n) is 3.09. The van der Waals surface area contributed by atoms with Crippen molar-refractivity contribution >= 4 is 26.8 Å². The first-order valence-electron chi connectivity index (χ1n) is 5.79. The van der Waals surface area contributed by atoms with Crippen LogP contribution in [0.15, 0.2) is 28.7 Å². The summed E-state index contributed by atoms with van der Waals surface area (Å²) in [6, 6.07) is 8.50. The number of aliphatic hydroxyl groups is 1. The van der Waals surface area contributed by atoms with Crippen LogP contribution in [0.3, 0.4) is 0 Å². The van der Waals surface area contributed by atoms with E-state index in [-0.39, 0.29) is 12.0 Å². The highest BCUT2D eigenvalue weighted by Gasteiger charge is 2.19. The van der Waals surface area contributed by atoms with Gasteiger partial charge in [-0.2, -0.15) is 0 Å². The summed E-state index contributed by atoms with van der Waals surface area (Å²) in [7, 11) is 0. The molecule has 0 saturated carbocycles. The Balaban J connectivity index is 2.52. The van der Waals surface area contributed by atoms with E-state index in [1.54, 1.807) is 0 Å². The van der Waals surface area contributed by atoms with Crippen molar-refractivity contribution in [3.05, 3.63) is 34.4 Å². The lowest BCUT2D eigenvalue weighted by Gasteiger charge is -2.24. The lowest BCUT2D eigenvalue weighted by Crippen LogP contribution is -2.24. The zero-order valence-electron chi connectivity index (χ0n) is 10.5. The van der Waals surface area contributed by atoms with Crippen molar-refractivity contribution < 1.29 is 5.11 Å². The molecule has 92 valence electrons. The molecule has 0 aliphatic heterocycles. The van der Waals surface area contributed by atoms with E-state index in [1.165, 1.54) is 16.6 Å². The van der Waals surface area contributed by atoms with Gasteiger partial charge in [0.2, 0.25) is 0 Å². The smallest absolute Gasteiger partial charge is 0.0499 e. The summed E-state index contributed by atoms with van der Waals surface area (Å²) >= 11 is 3.51. The minimum Gasteiger partial charge on any atom is -0.396 e. The Hall–Kier alpha value is -0.800. The first-order chi connectivity index (χ1) is 7.93. The van der Waals surface area contributed by atoms with Crippen molar-refractivity contribution in [2.75, 3.05) is 6.61 Å². The largest absolute Gasteiger partial charge is 0.396 e. The molecule has 17 heavy (non-hydrogen) atoms. The molecule has 2 nitrogen and oxygen atoms in total. The van der Waals surface area contributed by atoms with Gasteiger partial charge in [0, 0.05) is 34.2 Å². The van der Waals surface area contributed by atoms with Crippen molar-refractivity contribution in [2.24, 2.45) is 5.41 Å². The lowest BCUT2D eigenvalue weighted by molar-refractivity contribution is 0.141. The van der Waals surface area contributed by atoms with Crippen LogP contribution in [-0.4, -0.2) is 16.3 Å². The summed E-state index contributed by atoms with van der Waals surface area (Å²) in [5.41, 5.74) is 2.36. The van der Waals surface area contributed by atoms with E-state index in [2.05, 4.69) is 65.5 Å². The standard InChI is InChI=1S/C14H18BrNO/c1-10-6-11-4-5-12(15)7-13(11)16(10)8-14(2,3)9-17/h4-7,17H,8-9H2,1-3H3. The SMILES string of the molecule is Cc1cc2ccc(Br)cc2n1CC(C)(C)CO. The Morgan fingerprint density at radius 3 is 2.65 bits per heavy atom.